The molecule has 4 nitrogen and oxygen atoms in total. The number of ether oxygens (including phenoxy) is 1. The zero-order chi connectivity index (χ0) is 14.3. The van der Waals surface area contributed by atoms with Gasteiger partial charge in [0.25, 0.3) is 0 Å². The third kappa shape index (κ3) is 3.80. The normalized spacial score (nSPS) is 15.4. The first-order valence-electron chi connectivity index (χ1n) is 7.53. The molecule has 1 aliphatic rings. The van der Waals surface area contributed by atoms with Gasteiger partial charge in [0, 0.05) is 39.3 Å². The Morgan fingerprint density at radius 1 is 1.42 bits per heavy atom. The monoisotopic (exact) mass is 267 g/mol. The summed E-state index contributed by atoms with van der Waals surface area (Å²) >= 11 is 0. The van der Waals surface area contributed by atoms with Gasteiger partial charge >= 0.3 is 0 Å². The van der Waals surface area contributed by atoms with Crippen molar-refractivity contribution in [1.82, 2.24) is 14.9 Å². The molecule has 19 heavy (non-hydrogen) atoms. The summed E-state index contributed by atoms with van der Waals surface area (Å²) < 4.78 is 7.61. The van der Waals surface area contributed by atoms with Crippen molar-refractivity contribution in [3.8, 4) is 0 Å². The molecule has 0 saturated carbocycles. The van der Waals surface area contributed by atoms with E-state index in [9.17, 15) is 0 Å². The summed E-state index contributed by atoms with van der Waals surface area (Å²) in [6.07, 6.45) is 2.20. The van der Waals surface area contributed by atoms with Gasteiger partial charge in [0.2, 0.25) is 0 Å². The van der Waals surface area contributed by atoms with Gasteiger partial charge in [-0.15, -0.1) is 0 Å². The van der Waals surface area contributed by atoms with E-state index in [-0.39, 0.29) is 0 Å². The zero-order valence-electron chi connectivity index (χ0n) is 13.1. The van der Waals surface area contributed by atoms with Crippen molar-refractivity contribution in [1.29, 1.82) is 0 Å². The number of rotatable bonds is 5. The first kappa shape index (κ1) is 16.2. The maximum Gasteiger partial charge on any atom is 0.112 e. The Labute approximate surface area is 117 Å². The highest BCUT2D eigenvalue weighted by Gasteiger charge is 2.22. The minimum absolute atomic E-state index is 0.528. The minimum Gasteiger partial charge on any atom is -0.385 e. The second-order valence-corrected chi connectivity index (χ2v) is 4.72. The third-order valence-corrected chi connectivity index (χ3v) is 3.64. The van der Waals surface area contributed by atoms with Crippen LogP contribution in [0.4, 0.5) is 0 Å². The van der Waals surface area contributed by atoms with Crippen molar-refractivity contribution in [2.24, 2.45) is 0 Å². The van der Waals surface area contributed by atoms with Gasteiger partial charge in [0.1, 0.15) is 5.82 Å². The molecule has 1 atom stereocenters. The zero-order valence-corrected chi connectivity index (χ0v) is 13.1. The Bertz CT molecular complexity index is 374. The molecule has 2 rings (SSSR count). The van der Waals surface area contributed by atoms with Crippen LogP contribution in [0, 0.1) is 6.92 Å². The van der Waals surface area contributed by atoms with Gasteiger partial charge in [-0.05, 0) is 19.8 Å². The van der Waals surface area contributed by atoms with Crippen molar-refractivity contribution in [3.05, 3.63) is 17.2 Å². The van der Waals surface area contributed by atoms with Gasteiger partial charge in [0.15, 0.2) is 0 Å². The fourth-order valence-corrected chi connectivity index (χ4v) is 2.59. The Balaban J connectivity index is 0.000000861. The summed E-state index contributed by atoms with van der Waals surface area (Å²) in [5.41, 5.74) is 2.55. The SMILES string of the molecule is CC.CCC(CCOC)c1nc(C)c2n1CCNC2. The lowest BCUT2D eigenvalue weighted by atomic mass is 10.0. The Kier molecular flexibility index (Phi) is 7.10. The van der Waals surface area contributed by atoms with Crippen LogP contribution < -0.4 is 5.32 Å². The maximum atomic E-state index is 5.20. The predicted molar refractivity (Wildman–Crippen MR) is 79.5 cm³/mol. The predicted octanol–water partition coefficient (Wildman–Crippen LogP) is 2.85. The van der Waals surface area contributed by atoms with Gasteiger partial charge in [-0.2, -0.15) is 0 Å². The van der Waals surface area contributed by atoms with Crippen LogP contribution in [0.5, 0.6) is 0 Å². The fraction of sp³-hybridized carbons (Fsp3) is 0.800. The number of aromatic nitrogens is 2. The number of imidazole rings is 1. The molecule has 0 bridgehead atoms. The quantitative estimate of drug-likeness (QED) is 0.891. The lowest BCUT2D eigenvalue weighted by Crippen LogP contribution is -2.29. The summed E-state index contributed by atoms with van der Waals surface area (Å²) in [6, 6.07) is 0. The molecular weight excluding hydrogens is 238 g/mol. The number of nitrogens with zero attached hydrogens (tertiary/aromatic N) is 2. The summed E-state index contributed by atoms with van der Waals surface area (Å²) in [4.78, 5) is 4.78. The van der Waals surface area contributed by atoms with E-state index in [2.05, 4.69) is 23.7 Å². The molecule has 0 fully saturated rings. The maximum absolute atomic E-state index is 5.20. The molecule has 0 aromatic carbocycles. The molecule has 0 radical (unpaired) electrons. The highest BCUT2D eigenvalue weighted by Crippen LogP contribution is 2.26. The van der Waals surface area contributed by atoms with E-state index < -0.39 is 0 Å². The molecule has 1 N–H and O–H groups in total. The van der Waals surface area contributed by atoms with E-state index in [1.54, 1.807) is 7.11 Å². The Hall–Kier alpha value is -0.870. The lowest BCUT2D eigenvalue weighted by Gasteiger charge is -2.21. The van der Waals surface area contributed by atoms with Crippen LogP contribution in [0.1, 0.15) is 56.7 Å². The standard InChI is InChI=1S/C13H23N3O.C2H6/c1-4-11(5-8-17-3)13-15-10(2)12-9-14-6-7-16(12)13;1-2/h11,14H,4-9H2,1-3H3;1-2H3. The first-order valence-corrected chi connectivity index (χ1v) is 7.53. The van der Waals surface area contributed by atoms with Crippen LogP contribution in [0.3, 0.4) is 0 Å². The molecule has 110 valence electrons. The molecular formula is C15H29N3O. The molecule has 0 amide bonds. The first-order chi connectivity index (χ1) is 9.27. The Morgan fingerprint density at radius 3 is 2.79 bits per heavy atom. The number of methoxy groups -OCH3 is 1. The topological polar surface area (TPSA) is 39.1 Å². The number of nitrogens with one attached hydrogen (secondary N) is 1. The van der Waals surface area contributed by atoms with E-state index in [1.165, 1.54) is 17.2 Å². The van der Waals surface area contributed by atoms with Crippen molar-refractivity contribution in [2.75, 3.05) is 20.3 Å². The average molecular weight is 267 g/mol. The van der Waals surface area contributed by atoms with E-state index in [0.717, 1.165) is 39.1 Å². The highest BCUT2D eigenvalue weighted by atomic mass is 16.5. The number of fused-ring (bicyclic) bond motifs is 1. The van der Waals surface area contributed by atoms with Gasteiger partial charge in [-0.3, -0.25) is 0 Å². The number of aryl methyl sites for hydroxylation is 1. The van der Waals surface area contributed by atoms with Crippen LogP contribution in [-0.4, -0.2) is 29.8 Å². The van der Waals surface area contributed by atoms with Gasteiger partial charge in [0.05, 0.1) is 11.4 Å². The van der Waals surface area contributed by atoms with E-state index in [0.29, 0.717) is 5.92 Å². The molecule has 1 aromatic heterocycles. The summed E-state index contributed by atoms with van der Waals surface area (Å²) in [7, 11) is 1.77. The highest BCUT2D eigenvalue weighted by molar-refractivity contribution is 5.19. The van der Waals surface area contributed by atoms with Gasteiger partial charge in [-0.1, -0.05) is 20.8 Å². The summed E-state index contributed by atoms with van der Waals surface area (Å²) in [5, 5.41) is 3.41. The van der Waals surface area contributed by atoms with Crippen molar-refractivity contribution in [3.63, 3.8) is 0 Å². The number of hydrogen-bond acceptors (Lipinski definition) is 3. The molecule has 4 heteroatoms. The summed E-state index contributed by atoms with van der Waals surface area (Å²) in [5.74, 6) is 1.79. The van der Waals surface area contributed by atoms with Crippen LogP contribution in [0.15, 0.2) is 0 Å². The summed E-state index contributed by atoms with van der Waals surface area (Å²) in [6.45, 7) is 12.2. The molecule has 0 saturated heterocycles. The van der Waals surface area contributed by atoms with Crippen LogP contribution >= 0.6 is 0 Å². The van der Waals surface area contributed by atoms with Crippen molar-refractivity contribution in [2.45, 2.75) is 59.5 Å². The molecule has 2 heterocycles. The molecule has 0 spiro atoms. The van der Waals surface area contributed by atoms with E-state index in [1.807, 2.05) is 13.8 Å². The van der Waals surface area contributed by atoms with Crippen LogP contribution in [0.2, 0.25) is 0 Å². The second-order valence-electron chi connectivity index (χ2n) is 4.72. The van der Waals surface area contributed by atoms with Gasteiger partial charge in [-0.25, -0.2) is 4.98 Å². The third-order valence-electron chi connectivity index (χ3n) is 3.64. The van der Waals surface area contributed by atoms with Crippen molar-refractivity contribution >= 4 is 0 Å². The largest absolute Gasteiger partial charge is 0.385 e. The Morgan fingerprint density at radius 2 is 2.16 bits per heavy atom. The molecule has 1 unspecified atom stereocenters. The lowest BCUT2D eigenvalue weighted by molar-refractivity contribution is 0.185. The minimum atomic E-state index is 0.528. The van der Waals surface area contributed by atoms with Crippen LogP contribution in [-0.2, 0) is 17.8 Å². The fourth-order valence-electron chi connectivity index (χ4n) is 2.59. The smallest absolute Gasteiger partial charge is 0.112 e. The molecule has 0 aliphatic carbocycles. The van der Waals surface area contributed by atoms with E-state index >= 15 is 0 Å². The average Bonchev–Trinajstić information content (AvgIpc) is 2.80. The van der Waals surface area contributed by atoms with Crippen molar-refractivity contribution < 1.29 is 4.74 Å². The van der Waals surface area contributed by atoms with E-state index in [4.69, 9.17) is 9.72 Å². The van der Waals surface area contributed by atoms with Gasteiger partial charge < -0.3 is 14.6 Å². The van der Waals surface area contributed by atoms with Crippen LogP contribution in [0.25, 0.3) is 0 Å². The number of hydrogen-bond donors (Lipinski definition) is 1. The second kappa shape index (κ2) is 8.33. The molecule has 1 aliphatic heterocycles. The molecule has 1 aromatic rings.